The van der Waals surface area contributed by atoms with Gasteiger partial charge in [-0.05, 0) is 57.4 Å². The Morgan fingerprint density at radius 1 is 1.11 bits per heavy atom. The molecular weight excluding hydrogens is 486 g/mol. The van der Waals surface area contributed by atoms with E-state index in [4.69, 9.17) is 0 Å². The third-order valence-corrected chi connectivity index (χ3v) is 10.1. The molecule has 0 radical (unpaired) electrons. The molecule has 8 heteroatoms. The number of hydrogen-bond donors (Lipinski definition) is 3. The lowest BCUT2D eigenvalue weighted by Crippen LogP contribution is -2.58. The minimum atomic E-state index is -0.658. The van der Waals surface area contributed by atoms with Crippen LogP contribution in [0.15, 0.2) is 30.3 Å². The SMILES string of the molecule is CC(C)(C)CC(C)(C)NC(=O)C1N(CCCO)C(=O)[C@@H]2[C@H](C(=O)NCc3ccccc3)[C@]3(C)CCC12S3. The first kappa shape index (κ1) is 28.0. The summed E-state index contributed by atoms with van der Waals surface area (Å²) in [6, 6.07) is 9.10. The zero-order chi connectivity index (χ0) is 27.2. The third-order valence-electron chi connectivity index (χ3n) is 8.11. The van der Waals surface area contributed by atoms with Crippen molar-refractivity contribution in [1.29, 1.82) is 0 Å². The lowest BCUT2D eigenvalue weighted by Gasteiger charge is -2.38. The monoisotopic (exact) mass is 529 g/mol. The van der Waals surface area contributed by atoms with Crippen molar-refractivity contribution < 1.29 is 19.5 Å². The molecule has 5 atom stereocenters. The first-order chi connectivity index (χ1) is 17.2. The highest BCUT2D eigenvalue weighted by molar-refractivity contribution is 8.02. The van der Waals surface area contributed by atoms with Crippen LogP contribution in [-0.2, 0) is 20.9 Å². The smallest absolute Gasteiger partial charge is 0.244 e. The van der Waals surface area contributed by atoms with Crippen molar-refractivity contribution in [2.24, 2.45) is 17.3 Å². The third kappa shape index (κ3) is 5.29. The number of carbonyl (C=O) groups excluding carboxylic acids is 3. The zero-order valence-electron chi connectivity index (χ0n) is 23.1. The molecule has 3 aliphatic rings. The van der Waals surface area contributed by atoms with Gasteiger partial charge in [0.15, 0.2) is 0 Å². The second-order valence-electron chi connectivity index (χ2n) is 13.2. The van der Waals surface area contributed by atoms with Gasteiger partial charge in [0, 0.05) is 30.0 Å². The number of rotatable bonds is 9. The predicted molar refractivity (Wildman–Crippen MR) is 147 cm³/mol. The molecule has 3 aliphatic heterocycles. The highest BCUT2D eigenvalue weighted by Gasteiger charge is 2.77. The first-order valence-electron chi connectivity index (χ1n) is 13.5. The Labute approximate surface area is 225 Å². The Morgan fingerprint density at radius 3 is 2.41 bits per heavy atom. The van der Waals surface area contributed by atoms with Gasteiger partial charge in [-0.1, -0.05) is 51.1 Å². The number of aliphatic hydroxyl groups is 1. The second-order valence-corrected chi connectivity index (χ2v) is 15.0. The summed E-state index contributed by atoms with van der Waals surface area (Å²) in [5, 5.41) is 15.9. The van der Waals surface area contributed by atoms with Crippen molar-refractivity contribution in [3.8, 4) is 0 Å². The van der Waals surface area contributed by atoms with E-state index in [1.807, 2.05) is 44.2 Å². The molecule has 3 amide bonds. The van der Waals surface area contributed by atoms with Gasteiger partial charge in [0.2, 0.25) is 17.7 Å². The molecular formula is C29H43N3O4S. The van der Waals surface area contributed by atoms with Crippen LogP contribution in [0, 0.1) is 17.3 Å². The van der Waals surface area contributed by atoms with Crippen LogP contribution in [0.3, 0.4) is 0 Å². The second kappa shape index (κ2) is 9.92. The Bertz CT molecular complexity index is 1040. The van der Waals surface area contributed by atoms with Gasteiger partial charge in [0.25, 0.3) is 0 Å². The lowest BCUT2D eigenvalue weighted by atomic mass is 9.66. The number of nitrogens with zero attached hydrogens (tertiary/aromatic N) is 1. The predicted octanol–water partition coefficient (Wildman–Crippen LogP) is 3.50. The van der Waals surface area contributed by atoms with E-state index in [0.717, 1.165) is 24.8 Å². The minimum Gasteiger partial charge on any atom is -0.396 e. The highest BCUT2D eigenvalue weighted by atomic mass is 32.2. The number of hydrogen-bond acceptors (Lipinski definition) is 5. The van der Waals surface area contributed by atoms with Gasteiger partial charge in [0.05, 0.1) is 16.6 Å². The van der Waals surface area contributed by atoms with Crippen LogP contribution in [0.5, 0.6) is 0 Å². The average Bonchev–Trinajstić information content (AvgIpc) is 3.35. The van der Waals surface area contributed by atoms with Crippen LogP contribution in [-0.4, -0.2) is 62.0 Å². The number of likely N-dealkylation sites (tertiary alicyclic amines) is 1. The number of carbonyl (C=O) groups is 3. The standard InChI is InChI=1S/C29H43N3O4S/c1-26(2,3)18-27(4,5)31-24(35)22-29-14-13-28(6,37-29)20(21(29)25(36)32(22)15-10-16-33)23(34)30-17-19-11-8-7-9-12-19/h7-9,11-12,20-22,33H,10,13-18H2,1-6H3,(H,30,34)(H,31,35)/t20-,21+,22?,28+,29?/m1/s1. The topological polar surface area (TPSA) is 98.7 Å². The average molecular weight is 530 g/mol. The van der Waals surface area contributed by atoms with E-state index < -0.39 is 32.9 Å². The number of nitrogens with one attached hydrogen (secondary N) is 2. The van der Waals surface area contributed by atoms with Gasteiger partial charge in [0.1, 0.15) is 6.04 Å². The van der Waals surface area contributed by atoms with E-state index in [2.05, 4.69) is 38.3 Å². The Hall–Kier alpha value is -2.06. The first-order valence-corrected chi connectivity index (χ1v) is 14.3. The summed E-state index contributed by atoms with van der Waals surface area (Å²) in [4.78, 5) is 43.3. The number of fused-ring (bicyclic) bond motifs is 1. The molecule has 0 aromatic heterocycles. The van der Waals surface area contributed by atoms with Crippen molar-refractivity contribution in [1.82, 2.24) is 15.5 Å². The summed E-state index contributed by atoms with van der Waals surface area (Å²) in [6.45, 7) is 13.2. The quantitative estimate of drug-likeness (QED) is 0.455. The van der Waals surface area contributed by atoms with E-state index >= 15 is 0 Å². The number of thioether (sulfide) groups is 1. The summed E-state index contributed by atoms with van der Waals surface area (Å²) >= 11 is 1.68. The van der Waals surface area contributed by atoms with Crippen LogP contribution >= 0.6 is 11.8 Å². The van der Waals surface area contributed by atoms with E-state index in [-0.39, 0.29) is 29.7 Å². The van der Waals surface area contributed by atoms with Crippen molar-refractivity contribution >= 4 is 29.5 Å². The molecule has 3 fully saturated rings. The Kier molecular flexibility index (Phi) is 7.49. The van der Waals surface area contributed by atoms with Crippen LogP contribution in [0.2, 0.25) is 0 Å². The summed E-state index contributed by atoms with van der Waals surface area (Å²) in [7, 11) is 0. The molecule has 2 unspecified atom stereocenters. The molecule has 3 N–H and O–H groups in total. The van der Waals surface area contributed by atoms with Gasteiger partial charge in [-0.25, -0.2) is 0 Å². The van der Waals surface area contributed by atoms with Crippen molar-refractivity contribution in [3.05, 3.63) is 35.9 Å². The normalized spacial score (nSPS) is 30.9. The fraction of sp³-hybridized carbons (Fsp3) is 0.690. The van der Waals surface area contributed by atoms with Crippen molar-refractivity contribution in [3.63, 3.8) is 0 Å². The van der Waals surface area contributed by atoms with Crippen molar-refractivity contribution in [2.75, 3.05) is 13.2 Å². The number of amides is 3. The molecule has 0 saturated carbocycles. The molecule has 3 saturated heterocycles. The Balaban J connectivity index is 1.63. The lowest BCUT2D eigenvalue weighted by molar-refractivity contribution is -0.141. The van der Waals surface area contributed by atoms with E-state index in [1.165, 1.54) is 0 Å². The van der Waals surface area contributed by atoms with Crippen LogP contribution in [0.1, 0.15) is 72.8 Å². The van der Waals surface area contributed by atoms with Gasteiger partial charge < -0.3 is 20.6 Å². The van der Waals surface area contributed by atoms with Gasteiger partial charge >= 0.3 is 0 Å². The van der Waals surface area contributed by atoms with Crippen LogP contribution in [0.4, 0.5) is 0 Å². The molecule has 2 bridgehead atoms. The molecule has 204 valence electrons. The summed E-state index contributed by atoms with van der Waals surface area (Å²) in [6.07, 6.45) is 2.69. The molecule has 1 spiro atoms. The zero-order valence-corrected chi connectivity index (χ0v) is 23.9. The fourth-order valence-electron chi connectivity index (χ4n) is 7.28. The maximum atomic E-state index is 14.0. The summed E-state index contributed by atoms with van der Waals surface area (Å²) in [5.41, 5.74) is 0.579. The fourth-order valence-corrected chi connectivity index (χ4v) is 9.63. The molecule has 4 rings (SSSR count). The maximum Gasteiger partial charge on any atom is 0.244 e. The van der Waals surface area contributed by atoms with Gasteiger partial charge in [-0.2, -0.15) is 0 Å². The van der Waals surface area contributed by atoms with Crippen LogP contribution in [0.25, 0.3) is 0 Å². The number of benzene rings is 1. The minimum absolute atomic E-state index is 0.0235. The van der Waals surface area contributed by atoms with E-state index in [0.29, 0.717) is 19.5 Å². The van der Waals surface area contributed by atoms with E-state index in [9.17, 15) is 19.5 Å². The Morgan fingerprint density at radius 2 is 1.78 bits per heavy atom. The molecule has 0 aliphatic carbocycles. The molecule has 1 aromatic rings. The van der Waals surface area contributed by atoms with Gasteiger partial charge in [-0.3, -0.25) is 14.4 Å². The van der Waals surface area contributed by atoms with Crippen molar-refractivity contribution in [2.45, 2.75) is 94.8 Å². The van der Waals surface area contributed by atoms with Gasteiger partial charge in [-0.15, -0.1) is 11.8 Å². The highest BCUT2D eigenvalue weighted by Crippen LogP contribution is 2.71. The number of aliphatic hydroxyl groups excluding tert-OH is 1. The maximum absolute atomic E-state index is 14.0. The summed E-state index contributed by atoms with van der Waals surface area (Å²) in [5.74, 6) is -1.44. The van der Waals surface area contributed by atoms with Crippen LogP contribution < -0.4 is 10.6 Å². The molecule has 7 nitrogen and oxygen atoms in total. The molecule has 1 aromatic carbocycles. The largest absolute Gasteiger partial charge is 0.396 e. The van der Waals surface area contributed by atoms with E-state index in [1.54, 1.807) is 16.7 Å². The molecule has 3 heterocycles. The molecule has 37 heavy (non-hydrogen) atoms. The summed E-state index contributed by atoms with van der Waals surface area (Å²) < 4.78 is -1.04.